The number of hydrogen-bond acceptors (Lipinski definition) is 4. The number of carbonyl (C=O) groups is 1. The van der Waals surface area contributed by atoms with Crippen molar-refractivity contribution in [3.05, 3.63) is 53.6 Å². The normalized spacial score (nSPS) is 16.5. The van der Waals surface area contributed by atoms with Gasteiger partial charge in [-0.3, -0.25) is 4.79 Å². The lowest BCUT2D eigenvalue weighted by molar-refractivity contribution is -0.117. The number of fused-ring (bicyclic) bond motifs is 1. The molecular formula is C16H16N2O3. The smallest absolute Gasteiger partial charge is 0.246 e. The number of aliphatic hydroxyl groups excluding tert-OH is 1. The van der Waals surface area contributed by atoms with E-state index in [1.807, 2.05) is 30.3 Å². The fourth-order valence-corrected chi connectivity index (χ4v) is 2.39. The number of benzene rings is 2. The van der Waals surface area contributed by atoms with Gasteiger partial charge in [0, 0.05) is 17.3 Å². The predicted octanol–water partition coefficient (Wildman–Crippen LogP) is 2.18. The minimum atomic E-state index is -0.308. The summed E-state index contributed by atoms with van der Waals surface area (Å²) in [5, 5.41) is 14.8. The third kappa shape index (κ3) is 2.61. The van der Waals surface area contributed by atoms with Crippen molar-refractivity contribution in [1.82, 2.24) is 5.32 Å². The van der Waals surface area contributed by atoms with Crippen molar-refractivity contribution in [2.45, 2.75) is 12.6 Å². The van der Waals surface area contributed by atoms with Gasteiger partial charge < -0.3 is 20.5 Å². The topological polar surface area (TPSA) is 70.6 Å². The summed E-state index contributed by atoms with van der Waals surface area (Å²) in [4.78, 5) is 11.8. The summed E-state index contributed by atoms with van der Waals surface area (Å²) in [6, 6.07) is 12.4. The monoisotopic (exact) mass is 284 g/mol. The second-order valence-electron chi connectivity index (χ2n) is 4.86. The first-order valence-corrected chi connectivity index (χ1v) is 6.71. The Morgan fingerprint density at radius 1 is 1.19 bits per heavy atom. The van der Waals surface area contributed by atoms with E-state index in [0.29, 0.717) is 11.5 Å². The maximum atomic E-state index is 11.8. The van der Waals surface area contributed by atoms with Crippen molar-refractivity contribution in [1.29, 1.82) is 0 Å². The zero-order valence-corrected chi connectivity index (χ0v) is 11.6. The number of hydrogen-bond donors (Lipinski definition) is 3. The van der Waals surface area contributed by atoms with Gasteiger partial charge in [0.25, 0.3) is 0 Å². The van der Waals surface area contributed by atoms with Crippen molar-refractivity contribution in [2.24, 2.45) is 0 Å². The highest BCUT2D eigenvalue weighted by Crippen LogP contribution is 2.34. The fraction of sp³-hybridized carbons (Fsp3) is 0.188. The molecule has 0 spiro atoms. The molecule has 0 radical (unpaired) electrons. The third-order valence-corrected chi connectivity index (χ3v) is 3.49. The van der Waals surface area contributed by atoms with Crippen LogP contribution in [0.4, 0.5) is 5.69 Å². The molecule has 0 aliphatic carbocycles. The zero-order valence-electron chi connectivity index (χ0n) is 11.6. The van der Waals surface area contributed by atoms with Crippen LogP contribution in [0, 0.1) is 0 Å². The van der Waals surface area contributed by atoms with Crippen LogP contribution in [-0.2, 0) is 11.4 Å². The number of amides is 1. The van der Waals surface area contributed by atoms with Crippen LogP contribution >= 0.6 is 0 Å². The molecule has 1 aliphatic rings. The molecule has 3 rings (SSSR count). The molecule has 1 atom stereocenters. The van der Waals surface area contributed by atoms with Crippen LogP contribution in [0.3, 0.4) is 0 Å². The van der Waals surface area contributed by atoms with E-state index in [0.717, 1.165) is 16.8 Å². The van der Waals surface area contributed by atoms with Gasteiger partial charge >= 0.3 is 0 Å². The van der Waals surface area contributed by atoms with Crippen LogP contribution in [0.25, 0.3) is 0 Å². The average Bonchev–Trinajstić information content (AvgIpc) is 2.82. The highest BCUT2D eigenvalue weighted by Gasteiger charge is 2.29. The van der Waals surface area contributed by atoms with Crippen LogP contribution < -0.4 is 15.4 Å². The maximum absolute atomic E-state index is 11.8. The Balaban J connectivity index is 1.81. The average molecular weight is 284 g/mol. The molecule has 1 heterocycles. The van der Waals surface area contributed by atoms with Crippen molar-refractivity contribution in [3.8, 4) is 11.5 Å². The number of ether oxygens (including phenoxy) is 1. The number of carbonyl (C=O) groups excluding carboxylic acids is 1. The first-order chi connectivity index (χ1) is 10.2. The Kier molecular flexibility index (Phi) is 3.60. The van der Waals surface area contributed by atoms with Gasteiger partial charge in [-0.05, 0) is 30.8 Å². The van der Waals surface area contributed by atoms with Gasteiger partial charge in [-0.2, -0.15) is 0 Å². The lowest BCUT2D eigenvalue weighted by atomic mass is 10.1. The Labute approximate surface area is 122 Å². The number of nitrogens with one attached hydrogen (secondary N) is 2. The molecule has 0 fully saturated rings. The second-order valence-corrected chi connectivity index (χ2v) is 4.86. The maximum Gasteiger partial charge on any atom is 0.246 e. The molecule has 0 bridgehead atoms. The SMILES string of the molecule is CNC1C(=O)Nc2cc(Oc3ccc(CO)cc3)ccc21. The second kappa shape index (κ2) is 5.55. The van der Waals surface area contributed by atoms with E-state index in [2.05, 4.69) is 10.6 Å². The number of rotatable bonds is 4. The molecule has 1 amide bonds. The molecule has 5 nitrogen and oxygen atoms in total. The minimum absolute atomic E-state index is 0.0105. The Hall–Kier alpha value is -2.37. The van der Waals surface area contributed by atoms with Gasteiger partial charge in [-0.1, -0.05) is 18.2 Å². The van der Waals surface area contributed by atoms with Crippen molar-refractivity contribution in [3.63, 3.8) is 0 Å². The van der Waals surface area contributed by atoms with Gasteiger partial charge in [0.15, 0.2) is 0 Å². The number of aliphatic hydroxyl groups is 1. The molecule has 2 aromatic carbocycles. The number of anilines is 1. The van der Waals surface area contributed by atoms with Crippen LogP contribution in [-0.4, -0.2) is 18.1 Å². The molecule has 1 aliphatic heterocycles. The molecule has 3 N–H and O–H groups in total. The van der Waals surface area contributed by atoms with E-state index < -0.39 is 0 Å². The van der Waals surface area contributed by atoms with E-state index in [-0.39, 0.29) is 18.6 Å². The van der Waals surface area contributed by atoms with Gasteiger partial charge in [0.1, 0.15) is 17.5 Å². The summed E-state index contributed by atoms with van der Waals surface area (Å²) in [5.74, 6) is 1.28. The molecule has 108 valence electrons. The molecule has 5 heteroatoms. The molecule has 21 heavy (non-hydrogen) atoms. The third-order valence-electron chi connectivity index (χ3n) is 3.49. The van der Waals surface area contributed by atoms with Crippen molar-refractivity contribution in [2.75, 3.05) is 12.4 Å². The Morgan fingerprint density at radius 2 is 1.90 bits per heavy atom. The van der Waals surface area contributed by atoms with E-state index in [1.165, 1.54) is 0 Å². The van der Waals surface area contributed by atoms with Crippen LogP contribution in [0.1, 0.15) is 17.2 Å². The lowest BCUT2D eigenvalue weighted by Crippen LogP contribution is -2.23. The summed E-state index contributed by atoms with van der Waals surface area (Å²) in [6.45, 7) is 0.0105. The van der Waals surface area contributed by atoms with Gasteiger partial charge in [0.05, 0.1) is 6.61 Å². The van der Waals surface area contributed by atoms with Crippen molar-refractivity contribution < 1.29 is 14.6 Å². The zero-order chi connectivity index (χ0) is 14.8. The summed E-state index contributed by atoms with van der Waals surface area (Å²) < 4.78 is 5.75. The molecule has 1 unspecified atom stereocenters. The standard InChI is InChI=1S/C16H16N2O3/c1-17-15-13-7-6-12(8-14(13)18-16(15)20)21-11-4-2-10(9-19)3-5-11/h2-8,15,17,19H,9H2,1H3,(H,18,20). The Morgan fingerprint density at radius 3 is 2.57 bits per heavy atom. The summed E-state index contributed by atoms with van der Waals surface area (Å²) in [5.41, 5.74) is 2.52. The molecule has 0 saturated carbocycles. The molecule has 2 aromatic rings. The van der Waals surface area contributed by atoms with E-state index in [9.17, 15) is 4.79 Å². The summed E-state index contributed by atoms with van der Waals surface area (Å²) >= 11 is 0. The predicted molar refractivity (Wildman–Crippen MR) is 79.3 cm³/mol. The van der Waals surface area contributed by atoms with Crippen LogP contribution in [0.15, 0.2) is 42.5 Å². The number of likely N-dealkylation sites (N-methyl/N-ethyl adjacent to an activating group) is 1. The van der Waals surface area contributed by atoms with E-state index in [4.69, 9.17) is 9.84 Å². The highest BCUT2D eigenvalue weighted by atomic mass is 16.5. The van der Waals surface area contributed by atoms with Gasteiger partial charge in [-0.25, -0.2) is 0 Å². The largest absolute Gasteiger partial charge is 0.457 e. The van der Waals surface area contributed by atoms with Crippen LogP contribution in [0.5, 0.6) is 11.5 Å². The lowest BCUT2D eigenvalue weighted by Gasteiger charge is -2.09. The van der Waals surface area contributed by atoms with Gasteiger partial charge in [-0.15, -0.1) is 0 Å². The summed E-state index contributed by atoms with van der Waals surface area (Å²) in [6.07, 6.45) is 0. The molecule has 0 aromatic heterocycles. The first kappa shape index (κ1) is 13.6. The first-order valence-electron chi connectivity index (χ1n) is 6.71. The summed E-state index contributed by atoms with van der Waals surface area (Å²) in [7, 11) is 1.76. The highest BCUT2D eigenvalue weighted by molar-refractivity contribution is 6.02. The molecular weight excluding hydrogens is 268 g/mol. The van der Waals surface area contributed by atoms with E-state index in [1.54, 1.807) is 19.2 Å². The van der Waals surface area contributed by atoms with Crippen LogP contribution in [0.2, 0.25) is 0 Å². The fourth-order valence-electron chi connectivity index (χ4n) is 2.39. The minimum Gasteiger partial charge on any atom is -0.457 e. The Bertz CT molecular complexity index is 668. The van der Waals surface area contributed by atoms with E-state index >= 15 is 0 Å². The molecule has 0 saturated heterocycles. The quantitative estimate of drug-likeness (QED) is 0.805. The van der Waals surface area contributed by atoms with Crippen molar-refractivity contribution >= 4 is 11.6 Å². The van der Waals surface area contributed by atoms with Gasteiger partial charge in [0.2, 0.25) is 5.91 Å².